The lowest BCUT2D eigenvalue weighted by Crippen LogP contribution is -2.55. The van der Waals surface area contributed by atoms with E-state index < -0.39 is 0 Å². The summed E-state index contributed by atoms with van der Waals surface area (Å²) in [6.45, 7) is 8.66. The fourth-order valence-electron chi connectivity index (χ4n) is 3.65. The number of piperidine rings is 1. The summed E-state index contributed by atoms with van der Waals surface area (Å²) in [6.07, 6.45) is 4.00. The molecule has 4 heteroatoms. The van der Waals surface area contributed by atoms with Crippen LogP contribution in [0.3, 0.4) is 0 Å². The van der Waals surface area contributed by atoms with Gasteiger partial charge in [0.1, 0.15) is 5.82 Å². The summed E-state index contributed by atoms with van der Waals surface area (Å²) in [6, 6.07) is 2.73. The molecule has 0 bridgehead atoms. The van der Waals surface area contributed by atoms with Crippen LogP contribution >= 0.6 is 0 Å². The van der Waals surface area contributed by atoms with Crippen molar-refractivity contribution in [1.29, 1.82) is 0 Å². The van der Waals surface area contributed by atoms with Gasteiger partial charge in [0.25, 0.3) is 0 Å². The van der Waals surface area contributed by atoms with Gasteiger partial charge in [0.2, 0.25) is 0 Å². The van der Waals surface area contributed by atoms with Gasteiger partial charge in [0.15, 0.2) is 0 Å². The van der Waals surface area contributed by atoms with Crippen LogP contribution in [0.2, 0.25) is 0 Å². The van der Waals surface area contributed by atoms with Crippen molar-refractivity contribution in [1.82, 2.24) is 9.88 Å². The Morgan fingerprint density at radius 3 is 2.90 bits per heavy atom. The van der Waals surface area contributed by atoms with E-state index in [2.05, 4.69) is 22.8 Å². The summed E-state index contributed by atoms with van der Waals surface area (Å²) in [4.78, 5) is 9.73. The Morgan fingerprint density at radius 1 is 1.25 bits per heavy atom. The summed E-state index contributed by atoms with van der Waals surface area (Å²) in [5.74, 6) is 1.01. The Kier molecular flexibility index (Phi) is 3.94. The second-order valence-electron chi connectivity index (χ2n) is 6.17. The van der Waals surface area contributed by atoms with Crippen LogP contribution in [0.15, 0.2) is 6.07 Å². The zero-order valence-electron chi connectivity index (χ0n) is 12.6. The third kappa shape index (κ3) is 2.54. The molecule has 0 amide bonds. The van der Waals surface area contributed by atoms with E-state index in [0.717, 1.165) is 42.3 Å². The highest BCUT2D eigenvalue weighted by molar-refractivity contribution is 5.52. The molecule has 0 aliphatic carbocycles. The van der Waals surface area contributed by atoms with Crippen molar-refractivity contribution in [3.63, 3.8) is 0 Å². The van der Waals surface area contributed by atoms with Crippen molar-refractivity contribution in [2.75, 3.05) is 31.1 Å². The molecule has 3 heterocycles. The Morgan fingerprint density at radius 2 is 2.10 bits per heavy atom. The summed E-state index contributed by atoms with van der Waals surface area (Å²) in [5, 5.41) is 9.68. The fraction of sp³-hybridized carbons (Fsp3) is 0.688. The minimum Gasteiger partial charge on any atom is -0.392 e. The van der Waals surface area contributed by atoms with Crippen LogP contribution in [0, 0.1) is 13.8 Å². The highest BCUT2D eigenvalue weighted by Gasteiger charge is 2.30. The molecule has 3 rings (SSSR count). The maximum atomic E-state index is 9.68. The lowest BCUT2D eigenvalue weighted by molar-refractivity contribution is 0.133. The fourth-order valence-corrected chi connectivity index (χ4v) is 3.65. The lowest BCUT2D eigenvalue weighted by atomic mass is 9.99. The average molecular weight is 275 g/mol. The number of aromatic nitrogens is 1. The van der Waals surface area contributed by atoms with Gasteiger partial charge in [-0.2, -0.15) is 0 Å². The highest BCUT2D eigenvalue weighted by Crippen LogP contribution is 2.28. The predicted molar refractivity (Wildman–Crippen MR) is 81.1 cm³/mol. The van der Waals surface area contributed by atoms with Crippen molar-refractivity contribution in [2.24, 2.45) is 0 Å². The van der Waals surface area contributed by atoms with E-state index in [-0.39, 0.29) is 6.61 Å². The van der Waals surface area contributed by atoms with Crippen molar-refractivity contribution < 1.29 is 5.11 Å². The van der Waals surface area contributed by atoms with E-state index in [0.29, 0.717) is 6.04 Å². The molecule has 4 nitrogen and oxygen atoms in total. The van der Waals surface area contributed by atoms with Gasteiger partial charge in [-0.25, -0.2) is 4.98 Å². The Balaban J connectivity index is 1.86. The summed E-state index contributed by atoms with van der Waals surface area (Å²) >= 11 is 0. The summed E-state index contributed by atoms with van der Waals surface area (Å²) in [5.41, 5.74) is 3.20. The van der Waals surface area contributed by atoms with Gasteiger partial charge in [0, 0.05) is 36.9 Å². The van der Waals surface area contributed by atoms with Crippen LogP contribution < -0.4 is 4.90 Å². The number of aliphatic hydroxyl groups excluding tert-OH is 1. The van der Waals surface area contributed by atoms with Gasteiger partial charge in [-0.15, -0.1) is 0 Å². The molecule has 0 aromatic carbocycles. The molecule has 0 spiro atoms. The van der Waals surface area contributed by atoms with Crippen molar-refractivity contribution in [3.8, 4) is 0 Å². The standard InChI is InChI=1S/C16H25N3O/c1-12-9-13(2)17-16(15(12)11-20)19-8-7-18-6-4-3-5-14(18)10-19/h9,14,20H,3-8,10-11H2,1-2H3. The Hall–Kier alpha value is -1.13. The lowest BCUT2D eigenvalue weighted by Gasteiger charge is -2.45. The van der Waals surface area contributed by atoms with Crippen molar-refractivity contribution >= 4 is 5.82 Å². The van der Waals surface area contributed by atoms with Gasteiger partial charge < -0.3 is 10.0 Å². The zero-order chi connectivity index (χ0) is 14.1. The first-order valence-corrected chi connectivity index (χ1v) is 7.76. The Bertz CT molecular complexity index is 489. The van der Waals surface area contributed by atoms with E-state index >= 15 is 0 Å². The first-order chi connectivity index (χ1) is 9.69. The van der Waals surface area contributed by atoms with Crippen molar-refractivity contribution in [2.45, 2.75) is 45.8 Å². The first kappa shape index (κ1) is 13.8. The third-order valence-corrected chi connectivity index (χ3v) is 4.75. The van der Waals surface area contributed by atoms with Crippen LogP contribution in [-0.2, 0) is 6.61 Å². The van der Waals surface area contributed by atoms with Crippen LogP contribution in [-0.4, -0.2) is 47.2 Å². The Labute approximate surface area is 121 Å². The summed E-state index contributed by atoms with van der Waals surface area (Å²) in [7, 11) is 0. The molecule has 2 aliphatic rings. The van der Waals surface area contributed by atoms with Gasteiger partial charge in [-0.3, -0.25) is 4.90 Å². The monoisotopic (exact) mass is 275 g/mol. The van der Waals surface area contributed by atoms with Gasteiger partial charge in [0.05, 0.1) is 6.61 Å². The molecule has 1 N–H and O–H groups in total. The SMILES string of the molecule is Cc1cc(C)c(CO)c(N2CCN3CCCCC3C2)n1. The molecule has 2 saturated heterocycles. The van der Waals surface area contributed by atoms with E-state index in [1.54, 1.807) is 0 Å². The molecule has 0 saturated carbocycles. The number of piperazine rings is 1. The number of fused-ring (bicyclic) bond motifs is 1. The smallest absolute Gasteiger partial charge is 0.134 e. The minimum atomic E-state index is 0.0827. The summed E-state index contributed by atoms with van der Waals surface area (Å²) < 4.78 is 0. The molecule has 0 radical (unpaired) electrons. The molecule has 1 aromatic rings. The van der Waals surface area contributed by atoms with Crippen LogP contribution in [0.25, 0.3) is 0 Å². The number of anilines is 1. The van der Waals surface area contributed by atoms with Gasteiger partial charge in [-0.1, -0.05) is 6.42 Å². The van der Waals surface area contributed by atoms with E-state index in [1.165, 1.54) is 25.8 Å². The number of rotatable bonds is 2. The molecule has 1 atom stereocenters. The quantitative estimate of drug-likeness (QED) is 0.894. The molecule has 20 heavy (non-hydrogen) atoms. The zero-order valence-corrected chi connectivity index (χ0v) is 12.6. The molecule has 110 valence electrons. The second-order valence-corrected chi connectivity index (χ2v) is 6.17. The maximum absolute atomic E-state index is 9.68. The minimum absolute atomic E-state index is 0.0827. The van der Waals surface area contributed by atoms with Gasteiger partial charge in [-0.05, 0) is 44.9 Å². The van der Waals surface area contributed by atoms with Gasteiger partial charge >= 0.3 is 0 Å². The number of hydrogen-bond donors (Lipinski definition) is 1. The average Bonchev–Trinajstić information content (AvgIpc) is 2.46. The molecule has 2 aliphatic heterocycles. The van der Waals surface area contributed by atoms with Crippen LogP contribution in [0.4, 0.5) is 5.82 Å². The molecular weight excluding hydrogens is 250 g/mol. The van der Waals surface area contributed by atoms with E-state index in [9.17, 15) is 5.11 Å². The number of nitrogens with zero attached hydrogens (tertiary/aromatic N) is 3. The number of aliphatic hydroxyl groups is 1. The maximum Gasteiger partial charge on any atom is 0.134 e. The van der Waals surface area contributed by atoms with E-state index in [1.807, 2.05) is 6.92 Å². The number of hydrogen-bond acceptors (Lipinski definition) is 4. The largest absolute Gasteiger partial charge is 0.392 e. The van der Waals surface area contributed by atoms with Crippen LogP contribution in [0.5, 0.6) is 0 Å². The number of aryl methyl sites for hydroxylation is 2. The van der Waals surface area contributed by atoms with Crippen molar-refractivity contribution in [3.05, 3.63) is 22.9 Å². The van der Waals surface area contributed by atoms with E-state index in [4.69, 9.17) is 4.98 Å². The molecule has 1 aromatic heterocycles. The number of pyridine rings is 1. The highest BCUT2D eigenvalue weighted by atomic mass is 16.3. The normalized spacial score (nSPS) is 23.8. The van der Waals surface area contributed by atoms with Crippen LogP contribution in [0.1, 0.15) is 36.1 Å². The molecule has 2 fully saturated rings. The first-order valence-electron chi connectivity index (χ1n) is 7.76. The predicted octanol–water partition coefficient (Wildman–Crippen LogP) is 1.87. The molecular formula is C16H25N3O. The third-order valence-electron chi connectivity index (χ3n) is 4.75. The molecule has 1 unspecified atom stereocenters. The second kappa shape index (κ2) is 5.70. The topological polar surface area (TPSA) is 39.6 Å².